The van der Waals surface area contributed by atoms with Crippen LogP contribution in [0.3, 0.4) is 0 Å². The van der Waals surface area contributed by atoms with E-state index in [9.17, 15) is 18.3 Å². The zero-order chi connectivity index (χ0) is 18.7. The first-order valence-electron chi connectivity index (χ1n) is 6.28. The third-order valence-corrected chi connectivity index (χ3v) is 4.69. The molecular formula is C14H15F3O5S2. The minimum atomic E-state index is -6.09. The smallest absolute Gasteiger partial charge is 0.485 e. The summed E-state index contributed by atoms with van der Waals surface area (Å²) in [5, 5.41) is 11.8. The topological polar surface area (TPSA) is 86.7 Å². The van der Waals surface area contributed by atoms with Crippen molar-refractivity contribution >= 4 is 31.8 Å². The molecule has 0 aliphatic carbocycles. The lowest BCUT2D eigenvalue weighted by molar-refractivity contribution is -0.0517. The second-order valence-electron chi connectivity index (χ2n) is 4.68. The number of halogens is 3. The average molecular weight is 384 g/mol. The molecule has 134 valence electrons. The summed E-state index contributed by atoms with van der Waals surface area (Å²) in [7, 11) is -4.31. The zero-order valence-corrected chi connectivity index (χ0v) is 14.6. The summed E-state index contributed by atoms with van der Waals surface area (Å²) in [6.45, 7) is 0. The van der Waals surface area contributed by atoms with Gasteiger partial charge in [-0.15, -0.1) is 0 Å². The van der Waals surface area contributed by atoms with Gasteiger partial charge in [-0.2, -0.15) is 13.2 Å². The van der Waals surface area contributed by atoms with E-state index in [0.717, 1.165) is 16.5 Å². The number of phenols is 1. The van der Waals surface area contributed by atoms with Crippen molar-refractivity contribution in [2.75, 3.05) is 19.6 Å². The van der Waals surface area contributed by atoms with Gasteiger partial charge in [-0.05, 0) is 24.3 Å². The van der Waals surface area contributed by atoms with E-state index in [1.54, 1.807) is 13.2 Å². The standard InChI is InChI=1S/C13H14O2S.CHF3O3S/c1-15-11-7-8-12(16(2)3)9-5-4-6-10(14)13(9)11;2-1(3,4)8(5,6)7/h4-8H,1-3H3;(H,5,6,7). The van der Waals surface area contributed by atoms with Gasteiger partial charge in [0.1, 0.15) is 24.0 Å². The predicted molar refractivity (Wildman–Crippen MR) is 85.4 cm³/mol. The Balaban J connectivity index is 0.000000307. The van der Waals surface area contributed by atoms with Crippen LogP contribution < -0.4 is 4.74 Å². The quantitative estimate of drug-likeness (QED) is 0.489. The van der Waals surface area contributed by atoms with Crippen LogP contribution in [0.15, 0.2) is 35.2 Å². The molecule has 0 aliphatic heterocycles. The molecule has 0 bridgehead atoms. The van der Waals surface area contributed by atoms with E-state index in [2.05, 4.69) is 18.6 Å². The van der Waals surface area contributed by atoms with Gasteiger partial charge in [0, 0.05) is 16.3 Å². The summed E-state index contributed by atoms with van der Waals surface area (Å²) < 4.78 is 64.2. The SMILES string of the molecule is COc1ccc([S+](C)C)c2cccc(O)c12.O=S(=O)([O-])C(F)(F)F. The highest BCUT2D eigenvalue weighted by Crippen LogP contribution is 2.36. The number of fused-ring (bicyclic) bond motifs is 1. The van der Waals surface area contributed by atoms with E-state index in [0.29, 0.717) is 0 Å². The van der Waals surface area contributed by atoms with Gasteiger partial charge in [0.15, 0.2) is 15.0 Å². The zero-order valence-electron chi connectivity index (χ0n) is 12.9. The minimum absolute atomic E-state index is 0.161. The highest BCUT2D eigenvalue weighted by atomic mass is 32.2. The van der Waals surface area contributed by atoms with Crippen LogP contribution in [0.2, 0.25) is 0 Å². The van der Waals surface area contributed by atoms with Crippen LogP contribution >= 0.6 is 0 Å². The molecule has 10 heteroatoms. The largest absolute Gasteiger partial charge is 0.741 e. The van der Waals surface area contributed by atoms with E-state index >= 15 is 0 Å². The lowest BCUT2D eigenvalue weighted by atomic mass is 10.1. The minimum Gasteiger partial charge on any atom is -0.741 e. The summed E-state index contributed by atoms with van der Waals surface area (Å²) in [6.07, 6.45) is 4.34. The van der Waals surface area contributed by atoms with Gasteiger partial charge in [0.05, 0.1) is 12.5 Å². The van der Waals surface area contributed by atoms with Crippen LogP contribution in [0.5, 0.6) is 11.5 Å². The van der Waals surface area contributed by atoms with E-state index in [4.69, 9.17) is 17.7 Å². The number of alkyl halides is 3. The highest BCUT2D eigenvalue weighted by molar-refractivity contribution is 7.95. The molecular weight excluding hydrogens is 369 g/mol. The van der Waals surface area contributed by atoms with E-state index in [-0.39, 0.29) is 16.6 Å². The highest BCUT2D eigenvalue weighted by Gasteiger charge is 2.36. The van der Waals surface area contributed by atoms with Gasteiger partial charge < -0.3 is 14.4 Å². The molecule has 0 saturated heterocycles. The van der Waals surface area contributed by atoms with Crippen molar-refractivity contribution < 1.29 is 36.0 Å². The first kappa shape index (κ1) is 20.4. The molecule has 0 aromatic heterocycles. The van der Waals surface area contributed by atoms with Crippen LogP contribution in [0.1, 0.15) is 0 Å². The number of benzene rings is 2. The van der Waals surface area contributed by atoms with Crippen molar-refractivity contribution in [3.8, 4) is 11.5 Å². The lowest BCUT2D eigenvalue weighted by Crippen LogP contribution is -2.21. The summed E-state index contributed by atoms with van der Waals surface area (Å²) in [6, 6.07) is 9.58. The third kappa shape index (κ3) is 4.68. The van der Waals surface area contributed by atoms with Crippen molar-refractivity contribution in [3.63, 3.8) is 0 Å². The second kappa shape index (κ2) is 7.49. The first-order chi connectivity index (χ1) is 10.9. The van der Waals surface area contributed by atoms with Crippen molar-refractivity contribution in [2.45, 2.75) is 10.4 Å². The Morgan fingerprint density at radius 2 is 1.71 bits per heavy atom. The molecule has 0 radical (unpaired) electrons. The van der Waals surface area contributed by atoms with E-state index in [1.165, 1.54) is 4.90 Å². The van der Waals surface area contributed by atoms with Gasteiger partial charge in [-0.1, -0.05) is 6.07 Å². The van der Waals surface area contributed by atoms with E-state index in [1.807, 2.05) is 18.2 Å². The van der Waals surface area contributed by atoms with Crippen molar-refractivity contribution in [1.82, 2.24) is 0 Å². The van der Waals surface area contributed by atoms with Crippen molar-refractivity contribution in [2.24, 2.45) is 0 Å². The third-order valence-electron chi connectivity index (χ3n) is 2.88. The number of aromatic hydroxyl groups is 1. The van der Waals surface area contributed by atoms with Crippen LogP contribution in [-0.2, 0) is 21.0 Å². The number of rotatable bonds is 2. The Labute approximate surface area is 140 Å². The molecule has 0 saturated carbocycles. The number of hydrogen-bond acceptors (Lipinski definition) is 5. The maximum absolute atomic E-state index is 10.7. The van der Waals surface area contributed by atoms with Gasteiger partial charge >= 0.3 is 5.51 Å². The molecule has 0 amide bonds. The second-order valence-corrected chi connectivity index (χ2v) is 8.13. The van der Waals surface area contributed by atoms with Crippen molar-refractivity contribution in [1.29, 1.82) is 0 Å². The van der Waals surface area contributed by atoms with Crippen LogP contribution in [0, 0.1) is 0 Å². The van der Waals surface area contributed by atoms with E-state index < -0.39 is 15.6 Å². The fourth-order valence-corrected chi connectivity index (χ4v) is 2.81. The summed E-state index contributed by atoms with van der Waals surface area (Å²) >= 11 is 0. The molecule has 0 heterocycles. The lowest BCUT2D eigenvalue weighted by Gasteiger charge is -2.09. The predicted octanol–water partition coefficient (Wildman–Crippen LogP) is 2.84. The number of hydrogen-bond donors (Lipinski definition) is 1. The Morgan fingerprint density at radius 1 is 1.17 bits per heavy atom. The molecule has 0 atom stereocenters. The Hall–Kier alpha value is -1.65. The number of ether oxygens (including phenoxy) is 1. The first-order valence-corrected chi connectivity index (χ1v) is 9.73. The molecule has 24 heavy (non-hydrogen) atoms. The maximum atomic E-state index is 10.7. The monoisotopic (exact) mass is 384 g/mol. The van der Waals surface area contributed by atoms with Gasteiger partial charge in [-0.25, -0.2) is 8.42 Å². The molecule has 2 rings (SSSR count). The molecule has 0 spiro atoms. The Morgan fingerprint density at radius 3 is 2.12 bits per heavy atom. The molecule has 2 aromatic carbocycles. The van der Waals surface area contributed by atoms with Gasteiger partial charge in [-0.3, -0.25) is 0 Å². The summed E-state index contributed by atoms with van der Waals surface area (Å²) in [5.41, 5.74) is -5.65. The van der Waals surface area contributed by atoms with Crippen molar-refractivity contribution in [3.05, 3.63) is 30.3 Å². The summed E-state index contributed by atoms with van der Waals surface area (Å²) in [4.78, 5) is 1.26. The molecule has 1 N–H and O–H groups in total. The number of methoxy groups -OCH3 is 1. The molecule has 0 aliphatic rings. The van der Waals surface area contributed by atoms with Gasteiger partial charge in [0.2, 0.25) is 0 Å². The normalized spacial score (nSPS) is 12.0. The number of phenolic OH excluding ortho intramolecular Hbond substituents is 1. The Kier molecular flexibility index (Phi) is 6.37. The molecule has 0 fully saturated rings. The molecule has 2 aromatic rings. The maximum Gasteiger partial charge on any atom is 0.485 e. The fraction of sp³-hybridized carbons (Fsp3) is 0.286. The van der Waals surface area contributed by atoms with Gasteiger partial charge in [0.25, 0.3) is 0 Å². The summed E-state index contributed by atoms with van der Waals surface area (Å²) in [5.74, 6) is 1.00. The van der Waals surface area contributed by atoms with Crippen LogP contribution in [0.4, 0.5) is 13.2 Å². The Bertz CT molecular complexity index is 817. The van der Waals surface area contributed by atoms with Crippen LogP contribution in [0.25, 0.3) is 10.8 Å². The van der Waals surface area contributed by atoms with Crippen LogP contribution in [-0.4, -0.2) is 43.2 Å². The average Bonchev–Trinajstić information content (AvgIpc) is 2.44. The molecule has 5 nitrogen and oxygen atoms in total. The fourth-order valence-electron chi connectivity index (χ4n) is 1.86. The molecule has 0 unspecified atom stereocenters.